The van der Waals surface area contributed by atoms with Crippen molar-refractivity contribution < 1.29 is 18.4 Å². The Kier molecular flexibility index (Phi) is 5.46. The Morgan fingerprint density at radius 3 is 2.12 bits per heavy atom. The van der Waals surface area contributed by atoms with Crippen LogP contribution in [-0.2, 0) is 4.79 Å². The molecule has 3 rings (SSSR count). The Hall–Kier alpha value is -2.96. The van der Waals surface area contributed by atoms with E-state index in [4.69, 9.17) is 0 Å². The van der Waals surface area contributed by atoms with E-state index in [2.05, 4.69) is 5.32 Å². The van der Waals surface area contributed by atoms with Gasteiger partial charge in [-0.2, -0.15) is 0 Å². The van der Waals surface area contributed by atoms with Gasteiger partial charge in [0.1, 0.15) is 17.3 Å². The van der Waals surface area contributed by atoms with E-state index in [9.17, 15) is 18.4 Å². The van der Waals surface area contributed by atoms with Crippen LogP contribution >= 0.6 is 0 Å². The first kappa shape index (κ1) is 17.8. The molecule has 0 unspecified atom stereocenters. The normalized spacial score (nSPS) is 14.2. The fraction of sp³-hybridized carbons (Fsp3) is 0.263. The van der Waals surface area contributed by atoms with Gasteiger partial charge in [0.25, 0.3) is 5.91 Å². The average Bonchev–Trinajstić information content (AvgIpc) is 2.67. The van der Waals surface area contributed by atoms with Crippen LogP contribution in [0.15, 0.2) is 48.5 Å². The molecule has 1 aliphatic rings. The molecule has 0 saturated carbocycles. The van der Waals surface area contributed by atoms with Crippen LogP contribution in [0.5, 0.6) is 0 Å². The zero-order chi connectivity index (χ0) is 18.5. The van der Waals surface area contributed by atoms with E-state index in [0.29, 0.717) is 31.7 Å². The number of benzene rings is 2. The molecule has 0 atom stereocenters. The Morgan fingerprint density at radius 2 is 1.50 bits per heavy atom. The van der Waals surface area contributed by atoms with Gasteiger partial charge >= 0.3 is 0 Å². The Labute approximate surface area is 150 Å². The van der Waals surface area contributed by atoms with Crippen molar-refractivity contribution in [1.29, 1.82) is 0 Å². The number of para-hydroxylation sites is 1. The zero-order valence-corrected chi connectivity index (χ0v) is 14.1. The van der Waals surface area contributed by atoms with Crippen LogP contribution in [0.4, 0.5) is 14.5 Å². The van der Waals surface area contributed by atoms with E-state index in [1.54, 1.807) is 40.1 Å². The van der Waals surface area contributed by atoms with Gasteiger partial charge in [-0.15, -0.1) is 0 Å². The fourth-order valence-electron chi connectivity index (χ4n) is 2.93. The number of nitrogens with zero attached hydrogens (tertiary/aromatic N) is 2. The minimum atomic E-state index is -0.611. The first-order chi connectivity index (χ1) is 12.6. The van der Waals surface area contributed by atoms with Gasteiger partial charge in [-0.3, -0.25) is 9.59 Å². The van der Waals surface area contributed by atoms with Gasteiger partial charge in [0.05, 0.1) is 6.54 Å². The van der Waals surface area contributed by atoms with Crippen LogP contribution in [0.3, 0.4) is 0 Å². The zero-order valence-electron chi connectivity index (χ0n) is 14.1. The van der Waals surface area contributed by atoms with Crippen molar-refractivity contribution >= 4 is 17.5 Å². The number of carbonyl (C=O) groups excluding carboxylic acids is 2. The third kappa shape index (κ3) is 3.99. The van der Waals surface area contributed by atoms with Gasteiger partial charge in [0.15, 0.2) is 0 Å². The molecule has 26 heavy (non-hydrogen) atoms. The molecule has 0 aromatic heterocycles. The molecule has 2 aromatic rings. The number of carbonyl (C=O) groups is 2. The maximum atomic E-state index is 13.9. The number of anilines is 1. The second kappa shape index (κ2) is 7.95. The lowest BCUT2D eigenvalue weighted by atomic mass is 10.2. The van der Waals surface area contributed by atoms with Crippen LogP contribution in [0, 0.1) is 11.6 Å². The summed E-state index contributed by atoms with van der Waals surface area (Å²) in [4.78, 5) is 27.4. The van der Waals surface area contributed by atoms with Crippen molar-refractivity contribution in [3.05, 3.63) is 65.7 Å². The lowest BCUT2D eigenvalue weighted by Crippen LogP contribution is -2.51. The van der Waals surface area contributed by atoms with E-state index in [-0.39, 0.29) is 24.0 Å². The number of amides is 2. The average molecular weight is 359 g/mol. The first-order valence-corrected chi connectivity index (χ1v) is 8.36. The van der Waals surface area contributed by atoms with E-state index in [1.165, 1.54) is 18.2 Å². The molecule has 0 aliphatic carbocycles. The number of hydrogen-bond acceptors (Lipinski definition) is 3. The maximum Gasteiger partial charge on any atom is 0.251 e. The molecular weight excluding hydrogens is 340 g/mol. The number of nitrogens with one attached hydrogen (secondary N) is 1. The largest absolute Gasteiger partial charge is 0.363 e. The third-order valence-corrected chi connectivity index (χ3v) is 4.32. The van der Waals surface area contributed by atoms with Crippen molar-refractivity contribution in [1.82, 2.24) is 10.2 Å². The molecule has 2 aromatic carbocycles. The van der Waals surface area contributed by atoms with Crippen LogP contribution in [0.25, 0.3) is 0 Å². The summed E-state index contributed by atoms with van der Waals surface area (Å²) in [6.07, 6.45) is 0. The first-order valence-electron chi connectivity index (χ1n) is 8.36. The quantitative estimate of drug-likeness (QED) is 0.909. The molecule has 1 aliphatic heterocycles. The molecule has 1 N–H and O–H groups in total. The molecule has 2 amide bonds. The summed E-state index contributed by atoms with van der Waals surface area (Å²) in [6.45, 7) is 1.23. The minimum absolute atomic E-state index is 0.0584. The summed E-state index contributed by atoms with van der Waals surface area (Å²) in [6, 6.07) is 12.4. The standard InChI is InChI=1S/C19H19F2N3O2/c20-15-7-4-8-16(21)18(15)24-11-9-23(10-12-24)17(25)13-22-19(26)14-5-2-1-3-6-14/h1-8H,9-13H2,(H,22,26). The third-order valence-electron chi connectivity index (χ3n) is 4.32. The predicted molar refractivity (Wildman–Crippen MR) is 93.9 cm³/mol. The molecule has 1 heterocycles. The second-order valence-electron chi connectivity index (χ2n) is 5.99. The van der Waals surface area contributed by atoms with Crippen molar-refractivity contribution in [3.8, 4) is 0 Å². The van der Waals surface area contributed by atoms with Crippen LogP contribution < -0.4 is 10.2 Å². The van der Waals surface area contributed by atoms with E-state index in [1.807, 2.05) is 0 Å². The Bertz CT molecular complexity index is 770. The summed E-state index contributed by atoms with van der Waals surface area (Å²) >= 11 is 0. The number of piperazine rings is 1. The molecule has 0 radical (unpaired) electrons. The summed E-state index contributed by atoms with van der Waals surface area (Å²) in [5, 5.41) is 2.59. The van der Waals surface area contributed by atoms with E-state index < -0.39 is 11.6 Å². The summed E-state index contributed by atoms with van der Waals surface area (Å²) in [5.74, 6) is -1.76. The summed E-state index contributed by atoms with van der Waals surface area (Å²) in [5.41, 5.74) is 0.428. The van der Waals surface area contributed by atoms with E-state index in [0.717, 1.165) is 0 Å². The van der Waals surface area contributed by atoms with Crippen molar-refractivity contribution in [3.63, 3.8) is 0 Å². The van der Waals surface area contributed by atoms with Gasteiger partial charge in [0, 0.05) is 31.7 Å². The molecule has 0 spiro atoms. The molecule has 1 fully saturated rings. The summed E-state index contributed by atoms with van der Waals surface area (Å²) in [7, 11) is 0. The van der Waals surface area contributed by atoms with Gasteiger partial charge in [0.2, 0.25) is 5.91 Å². The van der Waals surface area contributed by atoms with Crippen LogP contribution in [-0.4, -0.2) is 49.4 Å². The van der Waals surface area contributed by atoms with Crippen LogP contribution in [0.1, 0.15) is 10.4 Å². The van der Waals surface area contributed by atoms with Crippen molar-refractivity contribution in [2.75, 3.05) is 37.6 Å². The Balaban J connectivity index is 1.52. The lowest BCUT2D eigenvalue weighted by Gasteiger charge is -2.36. The maximum absolute atomic E-state index is 13.9. The highest BCUT2D eigenvalue weighted by Gasteiger charge is 2.24. The fourth-order valence-corrected chi connectivity index (χ4v) is 2.93. The molecular formula is C19H19F2N3O2. The highest BCUT2D eigenvalue weighted by atomic mass is 19.1. The Morgan fingerprint density at radius 1 is 0.885 bits per heavy atom. The second-order valence-corrected chi connectivity index (χ2v) is 5.99. The number of rotatable bonds is 4. The number of halogens is 2. The van der Waals surface area contributed by atoms with Crippen molar-refractivity contribution in [2.45, 2.75) is 0 Å². The summed E-state index contributed by atoms with van der Waals surface area (Å²) < 4.78 is 27.7. The van der Waals surface area contributed by atoms with Gasteiger partial charge in [-0.05, 0) is 24.3 Å². The highest BCUT2D eigenvalue weighted by Crippen LogP contribution is 2.24. The molecule has 1 saturated heterocycles. The molecule has 0 bridgehead atoms. The molecule has 5 nitrogen and oxygen atoms in total. The van der Waals surface area contributed by atoms with Crippen LogP contribution in [0.2, 0.25) is 0 Å². The predicted octanol–water partition coefficient (Wildman–Crippen LogP) is 2.04. The van der Waals surface area contributed by atoms with Gasteiger partial charge in [-0.1, -0.05) is 24.3 Å². The SMILES string of the molecule is O=C(NCC(=O)N1CCN(c2c(F)cccc2F)CC1)c1ccccc1. The molecule has 136 valence electrons. The minimum Gasteiger partial charge on any atom is -0.363 e. The monoisotopic (exact) mass is 359 g/mol. The van der Waals surface area contributed by atoms with Gasteiger partial charge in [-0.25, -0.2) is 8.78 Å². The molecule has 7 heteroatoms. The lowest BCUT2D eigenvalue weighted by molar-refractivity contribution is -0.130. The number of hydrogen-bond donors (Lipinski definition) is 1. The topological polar surface area (TPSA) is 52.7 Å². The van der Waals surface area contributed by atoms with Gasteiger partial charge < -0.3 is 15.1 Å². The van der Waals surface area contributed by atoms with Crippen molar-refractivity contribution in [2.24, 2.45) is 0 Å². The highest BCUT2D eigenvalue weighted by molar-refractivity contribution is 5.96. The van der Waals surface area contributed by atoms with E-state index >= 15 is 0 Å². The smallest absolute Gasteiger partial charge is 0.251 e.